The number of methoxy groups -OCH3 is 1. The van der Waals surface area contributed by atoms with Gasteiger partial charge in [-0.15, -0.1) is 12.4 Å². The molecule has 0 amide bonds. The van der Waals surface area contributed by atoms with Gasteiger partial charge < -0.3 is 20.1 Å². The molecule has 2 N–H and O–H groups in total. The number of fused-ring (bicyclic) bond motifs is 1. The molecule has 180 valence electrons. The summed E-state index contributed by atoms with van der Waals surface area (Å²) in [6.07, 6.45) is 0.927. The lowest BCUT2D eigenvalue weighted by molar-refractivity contribution is 0.0696. The van der Waals surface area contributed by atoms with E-state index in [2.05, 4.69) is 29.3 Å². The third-order valence-corrected chi connectivity index (χ3v) is 6.38. The molecule has 0 aromatic heterocycles. The molecule has 3 aromatic carbocycles. The van der Waals surface area contributed by atoms with Crippen LogP contribution in [0.5, 0.6) is 5.75 Å². The first kappa shape index (κ1) is 25.5. The number of benzene rings is 3. The van der Waals surface area contributed by atoms with Crippen LogP contribution in [0.4, 0.5) is 15.8 Å². The number of anilines is 2. The third kappa shape index (κ3) is 5.34. The predicted molar refractivity (Wildman–Crippen MR) is 135 cm³/mol. The number of rotatable bonds is 7. The molecule has 1 heterocycles. The topological polar surface area (TPSA) is 61.8 Å². The maximum Gasteiger partial charge on any atom is 0.336 e. The minimum absolute atomic E-state index is 0. The van der Waals surface area contributed by atoms with E-state index in [4.69, 9.17) is 4.74 Å². The summed E-state index contributed by atoms with van der Waals surface area (Å²) < 4.78 is 18.9. The largest absolute Gasteiger partial charge is 0.494 e. The minimum atomic E-state index is -0.915. The Kier molecular flexibility index (Phi) is 8.18. The maximum atomic E-state index is 13.8. The number of carboxylic acid groups (broad SMARTS) is 1. The quantitative estimate of drug-likeness (QED) is 0.435. The number of carbonyl (C=O) groups is 1. The molecule has 0 bridgehead atoms. The van der Waals surface area contributed by atoms with Crippen molar-refractivity contribution in [3.05, 3.63) is 88.7 Å². The molecule has 34 heavy (non-hydrogen) atoms. The Balaban J connectivity index is 0.00000324. The van der Waals surface area contributed by atoms with E-state index in [-0.39, 0.29) is 30.0 Å². The van der Waals surface area contributed by atoms with Gasteiger partial charge in [0.1, 0.15) is 0 Å². The lowest BCUT2D eigenvalue weighted by Crippen LogP contribution is -2.38. The summed E-state index contributed by atoms with van der Waals surface area (Å²) in [6.45, 7) is 5.41. The zero-order valence-corrected chi connectivity index (χ0v) is 20.4. The van der Waals surface area contributed by atoms with Crippen LogP contribution in [-0.4, -0.2) is 31.3 Å². The summed E-state index contributed by atoms with van der Waals surface area (Å²) in [4.78, 5) is 13.9. The van der Waals surface area contributed by atoms with Gasteiger partial charge in [0.25, 0.3) is 0 Å². The Morgan fingerprint density at radius 1 is 1.21 bits per heavy atom. The highest BCUT2D eigenvalue weighted by Crippen LogP contribution is 2.36. The fourth-order valence-corrected chi connectivity index (χ4v) is 4.48. The number of halogens is 2. The molecule has 1 aliphatic heterocycles. The smallest absolute Gasteiger partial charge is 0.336 e. The van der Waals surface area contributed by atoms with Crippen LogP contribution in [0.3, 0.4) is 0 Å². The molecule has 1 aliphatic rings. The van der Waals surface area contributed by atoms with Gasteiger partial charge >= 0.3 is 5.97 Å². The lowest BCUT2D eigenvalue weighted by atomic mass is 9.91. The SMILES string of the molecule is COc1cc([C@@H](C)NCC2Cc3ccccc3N(c3ccc(C)c(C(=O)O)c3)C2)ccc1F.Cl. The monoisotopic (exact) mass is 484 g/mol. The van der Waals surface area contributed by atoms with Crippen LogP contribution in [0.25, 0.3) is 0 Å². The number of aromatic carboxylic acids is 1. The standard InChI is InChI=1S/C27H29FN2O3.ClH/c1-17-8-10-22(14-23(17)27(31)32)30-16-19(12-21-6-4-5-7-25(21)30)15-29-18(2)20-9-11-24(28)26(13-20)33-3;/h4-11,13-14,18-19,29H,12,15-16H2,1-3H3,(H,31,32);1H/t18-,19?;/m1./s1. The first-order chi connectivity index (χ1) is 15.9. The second kappa shape index (κ2) is 10.9. The van der Waals surface area contributed by atoms with Crippen molar-refractivity contribution in [3.8, 4) is 5.75 Å². The number of nitrogens with zero attached hydrogens (tertiary/aromatic N) is 1. The molecule has 0 fully saturated rings. The number of nitrogens with one attached hydrogen (secondary N) is 1. The van der Waals surface area contributed by atoms with E-state index in [1.807, 2.05) is 31.2 Å². The van der Waals surface area contributed by atoms with Crippen molar-refractivity contribution in [1.29, 1.82) is 0 Å². The fraction of sp³-hybridized carbons (Fsp3) is 0.296. The lowest BCUT2D eigenvalue weighted by Gasteiger charge is -2.37. The molecule has 1 unspecified atom stereocenters. The Morgan fingerprint density at radius 3 is 2.71 bits per heavy atom. The number of hydrogen-bond acceptors (Lipinski definition) is 4. The van der Waals surface area contributed by atoms with E-state index < -0.39 is 5.97 Å². The first-order valence-corrected chi connectivity index (χ1v) is 11.1. The zero-order valence-electron chi connectivity index (χ0n) is 19.5. The van der Waals surface area contributed by atoms with Crippen molar-refractivity contribution in [1.82, 2.24) is 5.32 Å². The van der Waals surface area contributed by atoms with Gasteiger partial charge in [-0.3, -0.25) is 0 Å². The Bertz CT molecular complexity index is 1170. The summed E-state index contributed by atoms with van der Waals surface area (Å²) >= 11 is 0. The second-order valence-electron chi connectivity index (χ2n) is 8.64. The molecule has 0 saturated heterocycles. The second-order valence-corrected chi connectivity index (χ2v) is 8.64. The van der Waals surface area contributed by atoms with Crippen LogP contribution >= 0.6 is 12.4 Å². The fourth-order valence-electron chi connectivity index (χ4n) is 4.48. The van der Waals surface area contributed by atoms with Crippen LogP contribution in [0.15, 0.2) is 60.7 Å². The molecule has 0 aliphatic carbocycles. The molecule has 7 heteroatoms. The van der Waals surface area contributed by atoms with E-state index >= 15 is 0 Å². The highest BCUT2D eigenvalue weighted by molar-refractivity contribution is 5.91. The van der Waals surface area contributed by atoms with Crippen molar-refractivity contribution in [3.63, 3.8) is 0 Å². The maximum absolute atomic E-state index is 13.8. The normalized spacial score (nSPS) is 15.8. The molecular weight excluding hydrogens is 455 g/mol. The summed E-state index contributed by atoms with van der Waals surface area (Å²) in [5.74, 6) is -0.722. The van der Waals surface area contributed by atoms with E-state index in [9.17, 15) is 14.3 Å². The van der Waals surface area contributed by atoms with E-state index in [0.717, 1.165) is 42.0 Å². The van der Waals surface area contributed by atoms with Crippen LogP contribution in [0, 0.1) is 18.7 Å². The minimum Gasteiger partial charge on any atom is -0.494 e. The first-order valence-electron chi connectivity index (χ1n) is 11.1. The van der Waals surface area contributed by atoms with Crippen molar-refractivity contribution >= 4 is 29.8 Å². The van der Waals surface area contributed by atoms with Gasteiger partial charge in [-0.05, 0) is 73.2 Å². The van der Waals surface area contributed by atoms with Crippen LogP contribution in [0.2, 0.25) is 0 Å². The average Bonchev–Trinajstić information content (AvgIpc) is 2.82. The average molecular weight is 485 g/mol. The van der Waals surface area contributed by atoms with E-state index in [1.165, 1.54) is 18.7 Å². The molecule has 0 spiro atoms. The van der Waals surface area contributed by atoms with Gasteiger partial charge in [-0.2, -0.15) is 0 Å². The summed E-state index contributed by atoms with van der Waals surface area (Å²) in [5.41, 5.74) is 5.27. The number of carboxylic acids is 1. The van der Waals surface area contributed by atoms with Crippen molar-refractivity contribution in [2.75, 3.05) is 25.1 Å². The molecule has 2 atom stereocenters. The summed E-state index contributed by atoms with van der Waals surface area (Å²) in [5, 5.41) is 13.2. The summed E-state index contributed by atoms with van der Waals surface area (Å²) in [7, 11) is 1.47. The van der Waals surface area contributed by atoms with Crippen molar-refractivity contribution in [2.24, 2.45) is 5.92 Å². The van der Waals surface area contributed by atoms with Gasteiger partial charge in [0.15, 0.2) is 11.6 Å². The van der Waals surface area contributed by atoms with Gasteiger partial charge in [0, 0.05) is 30.5 Å². The summed E-state index contributed by atoms with van der Waals surface area (Å²) in [6, 6.07) is 18.9. The van der Waals surface area contributed by atoms with E-state index in [1.54, 1.807) is 18.2 Å². The molecular formula is C27H30ClFN2O3. The zero-order chi connectivity index (χ0) is 23.5. The highest BCUT2D eigenvalue weighted by Gasteiger charge is 2.26. The molecule has 0 saturated carbocycles. The number of ether oxygens (including phenoxy) is 1. The van der Waals surface area contributed by atoms with Gasteiger partial charge in [0.2, 0.25) is 0 Å². The van der Waals surface area contributed by atoms with Gasteiger partial charge in [-0.25, -0.2) is 9.18 Å². The highest BCUT2D eigenvalue weighted by atomic mass is 35.5. The molecule has 5 nitrogen and oxygen atoms in total. The number of para-hydroxylation sites is 1. The van der Waals surface area contributed by atoms with Crippen molar-refractivity contribution < 1.29 is 19.0 Å². The molecule has 3 aromatic rings. The van der Waals surface area contributed by atoms with Crippen molar-refractivity contribution in [2.45, 2.75) is 26.3 Å². The Morgan fingerprint density at radius 2 is 1.97 bits per heavy atom. The number of hydrogen-bond donors (Lipinski definition) is 2. The molecule has 4 rings (SSSR count). The Labute approximate surface area is 206 Å². The Hall–Kier alpha value is -3.09. The van der Waals surface area contributed by atoms with Gasteiger partial charge in [-0.1, -0.05) is 30.3 Å². The van der Waals surface area contributed by atoms with Crippen LogP contribution in [-0.2, 0) is 6.42 Å². The van der Waals surface area contributed by atoms with Gasteiger partial charge in [0.05, 0.1) is 12.7 Å². The molecule has 0 radical (unpaired) electrons. The third-order valence-electron chi connectivity index (χ3n) is 6.38. The van der Waals surface area contributed by atoms with E-state index in [0.29, 0.717) is 11.5 Å². The predicted octanol–water partition coefficient (Wildman–Crippen LogP) is 5.92. The van der Waals surface area contributed by atoms with Crippen LogP contribution < -0.4 is 15.0 Å². The van der Waals surface area contributed by atoms with Crippen LogP contribution in [0.1, 0.15) is 40.0 Å². The number of aryl methyl sites for hydroxylation is 1.